The molecule has 0 fully saturated rings. The Morgan fingerprint density at radius 1 is 1.14 bits per heavy atom. The van der Waals surface area contributed by atoms with E-state index >= 15 is 0 Å². The number of hydrogen-bond acceptors (Lipinski definition) is 2. The first kappa shape index (κ1) is 14.1. The highest BCUT2D eigenvalue weighted by atomic mass is 79.9. The highest BCUT2D eigenvalue weighted by Gasteiger charge is 2.72. The van der Waals surface area contributed by atoms with Crippen LogP contribution in [0.5, 0.6) is 0 Å². The molecule has 0 aliphatic carbocycles. The molecule has 0 N–H and O–H groups in total. The zero-order chi connectivity index (χ0) is 11.8. The molecule has 0 heterocycles. The van der Waals surface area contributed by atoms with Crippen LogP contribution in [0.1, 0.15) is 0 Å². The molecule has 0 saturated carbocycles. The molecule has 0 aromatic rings. The Kier molecular flexibility index (Phi) is 3.94. The smallest absolute Gasteiger partial charge is 0.392 e. The van der Waals surface area contributed by atoms with Crippen LogP contribution in [-0.4, -0.2) is 28.4 Å². The molecule has 0 saturated heterocycles. The van der Waals surface area contributed by atoms with Crippen LogP contribution in [0.25, 0.3) is 0 Å². The van der Waals surface area contributed by atoms with Crippen molar-refractivity contribution >= 4 is 37.8 Å². The number of carbonyl (C=O) groups excluding carboxylic acids is 1. The summed E-state index contributed by atoms with van der Waals surface area (Å²) in [5.74, 6) is -7.43. The Labute approximate surface area is 92.0 Å². The van der Waals surface area contributed by atoms with E-state index in [0.717, 1.165) is 0 Å². The van der Waals surface area contributed by atoms with Gasteiger partial charge in [0, 0.05) is 0 Å². The summed E-state index contributed by atoms with van der Waals surface area (Å²) in [6.45, 7) is 0. The van der Waals surface area contributed by atoms with E-state index in [1.54, 1.807) is 0 Å². The molecule has 9 heteroatoms. The molecule has 0 bridgehead atoms. The van der Waals surface area contributed by atoms with E-state index in [-0.39, 0.29) is 0 Å². The number of esters is 1. The maximum absolute atomic E-state index is 12.9. The van der Waals surface area contributed by atoms with Crippen molar-refractivity contribution in [2.45, 2.75) is 15.3 Å². The third kappa shape index (κ3) is 2.18. The molecule has 0 aromatic heterocycles. The number of hydrogen-bond donors (Lipinski definition) is 0. The minimum absolute atomic E-state index is 0.520. The van der Waals surface area contributed by atoms with E-state index < -0.39 is 21.3 Å². The highest BCUT2D eigenvalue weighted by Crippen LogP contribution is 2.52. The summed E-state index contributed by atoms with van der Waals surface area (Å²) in [6, 6.07) is 0. The Morgan fingerprint density at radius 3 is 1.71 bits per heavy atom. The number of halogens is 7. The summed E-state index contributed by atoms with van der Waals surface area (Å²) in [5, 5.41) is 0. The molecule has 0 aliphatic rings. The standard InChI is InChI=1S/C5H3Br2F5O2/c1-14-2(13)3(8,9)4(6,10)5(7,11)12/h1H3. The predicted octanol–water partition coefficient (Wildman–Crippen LogP) is 2.84. The first-order valence-corrected chi connectivity index (χ1v) is 4.48. The molecule has 0 aliphatic heterocycles. The van der Waals surface area contributed by atoms with Gasteiger partial charge in [0.2, 0.25) is 0 Å². The summed E-state index contributed by atoms with van der Waals surface area (Å²) in [7, 11) is 0.520. The van der Waals surface area contributed by atoms with Crippen molar-refractivity contribution in [1.82, 2.24) is 0 Å². The number of alkyl halides is 7. The van der Waals surface area contributed by atoms with Crippen molar-refractivity contribution in [3.05, 3.63) is 0 Å². The molecule has 14 heavy (non-hydrogen) atoms. The van der Waals surface area contributed by atoms with Gasteiger partial charge in [-0.25, -0.2) is 9.18 Å². The van der Waals surface area contributed by atoms with Crippen molar-refractivity contribution in [2.75, 3.05) is 7.11 Å². The van der Waals surface area contributed by atoms with E-state index in [9.17, 15) is 26.7 Å². The quantitative estimate of drug-likeness (QED) is 0.445. The lowest BCUT2D eigenvalue weighted by Crippen LogP contribution is -2.54. The molecule has 0 aromatic carbocycles. The number of rotatable bonds is 3. The van der Waals surface area contributed by atoms with E-state index in [0.29, 0.717) is 7.11 Å². The second-order valence-electron chi connectivity index (χ2n) is 2.14. The van der Waals surface area contributed by atoms with Crippen molar-refractivity contribution in [3.63, 3.8) is 0 Å². The van der Waals surface area contributed by atoms with Crippen LogP contribution < -0.4 is 0 Å². The summed E-state index contributed by atoms with van der Waals surface area (Å²) >= 11 is 2.84. The van der Waals surface area contributed by atoms with Crippen LogP contribution in [0.4, 0.5) is 22.0 Å². The third-order valence-electron chi connectivity index (χ3n) is 1.19. The summed E-state index contributed by atoms with van der Waals surface area (Å²) in [4.78, 5) is 5.70. The molecular weight excluding hydrogens is 347 g/mol. The number of methoxy groups -OCH3 is 1. The van der Waals surface area contributed by atoms with Crippen LogP contribution in [0.15, 0.2) is 0 Å². The van der Waals surface area contributed by atoms with Gasteiger partial charge in [-0.05, 0) is 31.9 Å². The normalized spacial score (nSPS) is 17.4. The fourth-order valence-electron chi connectivity index (χ4n) is 0.434. The van der Waals surface area contributed by atoms with Gasteiger partial charge >= 0.3 is 21.3 Å². The first-order chi connectivity index (χ1) is 5.98. The Balaban J connectivity index is 5.18. The van der Waals surface area contributed by atoms with Crippen LogP contribution in [0, 0.1) is 0 Å². The van der Waals surface area contributed by atoms with E-state index in [4.69, 9.17) is 0 Å². The van der Waals surface area contributed by atoms with Gasteiger partial charge in [-0.3, -0.25) is 0 Å². The summed E-state index contributed by atoms with van der Waals surface area (Å²) in [6.07, 6.45) is 0. The topological polar surface area (TPSA) is 26.3 Å². The third-order valence-corrected chi connectivity index (χ3v) is 3.27. The lowest BCUT2D eigenvalue weighted by molar-refractivity contribution is -0.198. The van der Waals surface area contributed by atoms with Gasteiger partial charge in [0.25, 0.3) is 0 Å². The average Bonchev–Trinajstić information content (AvgIpc) is 2.00. The molecule has 0 spiro atoms. The molecule has 0 rings (SSSR count). The van der Waals surface area contributed by atoms with Crippen LogP contribution in [0.2, 0.25) is 0 Å². The van der Waals surface area contributed by atoms with E-state index in [1.165, 1.54) is 31.9 Å². The largest absolute Gasteiger partial charge is 0.464 e. The predicted molar refractivity (Wildman–Crippen MR) is 43.6 cm³/mol. The van der Waals surface area contributed by atoms with Gasteiger partial charge in [0.1, 0.15) is 0 Å². The average molecular weight is 350 g/mol. The lowest BCUT2D eigenvalue weighted by Gasteiger charge is -2.29. The van der Waals surface area contributed by atoms with Gasteiger partial charge in [-0.1, -0.05) is 0 Å². The fourth-order valence-corrected chi connectivity index (χ4v) is 0.845. The second-order valence-corrected chi connectivity index (χ2v) is 4.23. The van der Waals surface area contributed by atoms with Crippen LogP contribution in [-0.2, 0) is 9.53 Å². The minimum atomic E-state index is -5.02. The monoisotopic (exact) mass is 348 g/mol. The number of carbonyl (C=O) groups is 1. The highest BCUT2D eigenvalue weighted by molar-refractivity contribution is 9.12. The zero-order valence-corrected chi connectivity index (χ0v) is 9.63. The van der Waals surface area contributed by atoms with Gasteiger partial charge in [0.15, 0.2) is 0 Å². The van der Waals surface area contributed by atoms with Crippen molar-refractivity contribution in [1.29, 1.82) is 0 Å². The molecule has 0 amide bonds. The molecule has 1 atom stereocenters. The van der Waals surface area contributed by atoms with Gasteiger partial charge < -0.3 is 4.74 Å². The molecule has 0 radical (unpaired) electrons. The van der Waals surface area contributed by atoms with Gasteiger partial charge in [-0.15, -0.1) is 0 Å². The SMILES string of the molecule is COC(=O)C(F)(F)C(F)(Br)C(F)(F)Br. The maximum atomic E-state index is 12.9. The van der Waals surface area contributed by atoms with Crippen molar-refractivity contribution in [2.24, 2.45) is 0 Å². The van der Waals surface area contributed by atoms with Crippen LogP contribution >= 0.6 is 31.9 Å². The maximum Gasteiger partial charge on any atom is 0.392 e. The van der Waals surface area contributed by atoms with E-state index in [1.807, 2.05) is 0 Å². The Bertz CT molecular complexity index is 237. The van der Waals surface area contributed by atoms with E-state index in [2.05, 4.69) is 4.74 Å². The van der Waals surface area contributed by atoms with Crippen LogP contribution in [0.3, 0.4) is 0 Å². The lowest BCUT2D eigenvalue weighted by atomic mass is 10.2. The van der Waals surface area contributed by atoms with Crippen molar-refractivity contribution in [3.8, 4) is 0 Å². The molecule has 1 unspecified atom stereocenters. The summed E-state index contributed by atoms with van der Waals surface area (Å²) in [5.41, 5.74) is 0. The zero-order valence-electron chi connectivity index (χ0n) is 6.46. The number of ether oxygens (including phenoxy) is 1. The van der Waals surface area contributed by atoms with Crippen molar-refractivity contribution < 1.29 is 31.5 Å². The molecule has 2 nitrogen and oxygen atoms in total. The second kappa shape index (κ2) is 3.92. The Morgan fingerprint density at radius 2 is 1.50 bits per heavy atom. The fraction of sp³-hybridized carbons (Fsp3) is 0.800. The van der Waals surface area contributed by atoms with Gasteiger partial charge in [-0.2, -0.15) is 17.6 Å². The molecular formula is C5H3Br2F5O2. The Hall–Kier alpha value is 0.0800. The summed E-state index contributed by atoms with van der Waals surface area (Å²) < 4.78 is 61.8. The van der Waals surface area contributed by atoms with Gasteiger partial charge in [0.05, 0.1) is 7.11 Å². The first-order valence-electron chi connectivity index (χ1n) is 2.89. The minimum Gasteiger partial charge on any atom is -0.464 e. The molecule has 84 valence electrons.